The van der Waals surface area contributed by atoms with Gasteiger partial charge in [-0.15, -0.1) is 0 Å². The number of halogens is 3. The van der Waals surface area contributed by atoms with Crippen LogP contribution in [0.4, 0.5) is 5.69 Å². The maximum absolute atomic E-state index is 6.09. The first-order chi connectivity index (χ1) is 8.49. The smallest absolute Gasteiger partial charge is 0.0722 e. The molecule has 0 radical (unpaired) electrons. The molecule has 0 amide bonds. The molecule has 0 aliphatic carbocycles. The van der Waals surface area contributed by atoms with Crippen LogP contribution in [-0.4, -0.2) is 9.78 Å². The zero-order chi connectivity index (χ0) is 13.3. The number of hydrogen-bond donors (Lipinski definition) is 1. The Morgan fingerprint density at radius 2 is 1.83 bits per heavy atom. The number of aryl methyl sites for hydroxylation is 1. The molecule has 2 rings (SSSR count). The molecule has 0 saturated heterocycles. The zero-order valence-electron chi connectivity index (χ0n) is 9.97. The predicted molar refractivity (Wildman–Crippen MR) is 76.7 cm³/mol. The van der Waals surface area contributed by atoms with Crippen molar-refractivity contribution in [2.45, 2.75) is 13.5 Å². The third-order valence-electron chi connectivity index (χ3n) is 2.80. The van der Waals surface area contributed by atoms with Crippen LogP contribution in [0.3, 0.4) is 0 Å². The molecule has 0 atom stereocenters. The average molecular weight is 305 g/mol. The number of aromatic nitrogens is 2. The molecule has 1 aromatic carbocycles. The van der Waals surface area contributed by atoms with Gasteiger partial charge in [0.05, 0.1) is 21.9 Å². The second-order valence-corrected chi connectivity index (χ2v) is 5.23. The number of benzene rings is 1. The number of nitrogens with one attached hydrogen (secondary N) is 1. The lowest BCUT2D eigenvalue weighted by Crippen LogP contribution is -2.02. The van der Waals surface area contributed by atoms with E-state index < -0.39 is 0 Å². The summed E-state index contributed by atoms with van der Waals surface area (Å²) in [6, 6.07) is 3.32. The van der Waals surface area contributed by atoms with Gasteiger partial charge in [0.1, 0.15) is 0 Å². The fraction of sp³-hybridized carbons (Fsp3) is 0.250. The van der Waals surface area contributed by atoms with E-state index >= 15 is 0 Å². The Kier molecular flexibility index (Phi) is 4.05. The minimum atomic E-state index is 0.508. The molecule has 0 spiro atoms. The van der Waals surface area contributed by atoms with Gasteiger partial charge in [0.15, 0.2) is 0 Å². The lowest BCUT2D eigenvalue weighted by atomic mass is 10.2. The first-order valence-electron chi connectivity index (χ1n) is 5.35. The van der Waals surface area contributed by atoms with E-state index in [0.29, 0.717) is 27.3 Å². The topological polar surface area (TPSA) is 29.9 Å². The lowest BCUT2D eigenvalue weighted by Gasteiger charge is -2.10. The molecule has 1 aromatic heterocycles. The molecule has 96 valence electrons. The predicted octanol–water partition coefficient (Wildman–Crippen LogP) is 4.30. The Morgan fingerprint density at radius 1 is 1.22 bits per heavy atom. The second-order valence-electron chi connectivity index (χ2n) is 3.98. The Balaban J connectivity index is 2.18. The first kappa shape index (κ1) is 13.5. The Bertz CT molecular complexity index is 555. The molecule has 6 heteroatoms. The molecule has 0 unspecified atom stereocenters. The minimum absolute atomic E-state index is 0.508. The molecule has 3 nitrogen and oxygen atoms in total. The summed E-state index contributed by atoms with van der Waals surface area (Å²) in [5.74, 6) is 0. The van der Waals surface area contributed by atoms with Gasteiger partial charge in [-0.25, -0.2) is 0 Å². The maximum atomic E-state index is 6.09. The van der Waals surface area contributed by atoms with Crippen LogP contribution in [0.2, 0.25) is 15.1 Å². The number of hydrogen-bond acceptors (Lipinski definition) is 2. The van der Waals surface area contributed by atoms with Crippen LogP contribution >= 0.6 is 34.8 Å². The molecular formula is C12H12Cl3N3. The van der Waals surface area contributed by atoms with Crippen LogP contribution < -0.4 is 5.32 Å². The summed E-state index contributed by atoms with van der Waals surface area (Å²) in [5.41, 5.74) is 2.88. The molecule has 0 aliphatic rings. The molecule has 1 heterocycles. The van der Waals surface area contributed by atoms with Gasteiger partial charge in [0, 0.05) is 29.9 Å². The summed E-state index contributed by atoms with van der Waals surface area (Å²) in [4.78, 5) is 0. The van der Waals surface area contributed by atoms with E-state index in [1.165, 1.54) is 0 Å². The summed E-state index contributed by atoms with van der Waals surface area (Å²) in [6.07, 6.45) is 1.82. The van der Waals surface area contributed by atoms with Gasteiger partial charge in [-0.2, -0.15) is 5.10 Å². The van der Waals surface area contributed by atoms with E-state index in [4.69, 9.17) is 34.8 Å². The van der Waals surface area contributed by atoms with Gasteiger partial charge in [0.2, 0.25) is 0 Å². The molecule has 1 N–H and O–H groups in total. The monoisotopic (exact) mass is 303 g/mol. The van der Waals surface area contributed by atoms with Crippen LogP contribution in [0.5, 0.6) is 0 Å². The number of anilines is 1. The van der Waals surface area contributed by atoms with Gasteiger partial charge in [-0.3, -0.25) is 4.68 Å². The third-order valence-corrected chi connectivity index (χ3v) is 3.61. The maximum Gasteiger partial charge on any atom is 0.0722 e. The van der Waals surface area contributed by atoms with E-state index in [-0.39, 0.29) is 0 Å². The van der Waals surface area contributed by atoms with Gasteiger partial charge < -0.3 is 5.32 Å². The lowest BCUT2D eigenvalue weighted by molar-refractivity contribution is 0.738. The molecule has 0 aliphatic heterocycles. The van der Waals surface area contributed by atoms with Crippen LogP contribution in [0.15, 0.2) is 18.3 Å². The number of nitrogens with zero attached hydrogens (tertiary/aromatic N) is 2. The molecule has 0 fully saturated rings. The summed E-state index contributed by atoms with van der Waals surface area (Å²) in [7, 11) is 1.90. The molecule has 18 heavy (non-hydrogen) atoms. The first-order valence-corrected chi connectivity index (χ1v) is 6.48. The molecular weight excluding hydrogens is 293 g/mol. The van der Waals surface area contributed by atoms with Gasteiger partial charge in [-0.1, -0.05) is 34.8 Å². The normalized spacial score (nSPS) is 10.7. The zero-order valence-corrected chi connectivity index (χ0v) is 12.2. The van der Waals surface area contributed by atoms with E-state index in [1.807, 2.05) is 24.9 Å². The molecule has 0 saturated carbocycles. The standard InChI is InChI=1S/C12H12Cl3N3/c1-7-8(6-17-18(7)2)5-16-12-10(14)3-9(13)4-11(12)15/h3-4,6,16H,5H2,1-2H3. The van der Waals surface area contributed by atoms with Crippen molar-refractivity contribution in [1.29, 1.82) is 0 Å². The third kappa shape index (κ3) is 2.74. The highest BCUT2D eigenvalue weighted by Crippen LogP contribution is 2.33. The highest BCUT2D eigenvalue weighted by atomic mass is 35.5. The van der Waals surface area contributed by atoms with Crippen molar-refractivity contribution < 1.29 is 0 Å². The van der Waals surface area contributed by atoms with E-state index in [9.17, 15) is 0 Å². The Morgan fingerprint density at radius 3 is 2.33 bits per heavy atom. The van der Waals surface area contributed by atoms with Crippen molar-refractivity contribution in [1.82, 2.24) is 9.78 Å². The Hall–Kier alpha value is -0.900. The fourth-order valence-electron chi connectivity index (χ4n) is 1.61. The summed E-state index contributed by atoms with van der Waals surface area (Å²) in [5, 5.41) is 8.92. The van der Waals surface area contributed by atoms with E-state index in [1.54, 1.807) is 12.1 Å². The SMILES string of the molecule is Cc1c(CNc2c(Cl)cc(Cl)cc2Cl)cnn1C. The van der Waals surface area contributed by atoms with Gasteiger partial charge in [-0.05, 0) is 19.1 Å². The Labute approximate surface area is 121 Å². The van der Waals surface area contributed by atoms with Crippen molar-refractivity contribution in [3.05, 3.63) is 44.7 Å². The van der Waals surface area contributed by atoms with Gasteiger partial charge >= 0.3 is 0 Å². The largest absolute Gasteiger partial charge is 0.378 e. The summed E-state index contributed by atoms with van der Waals surface area (Å²) >= 11 is 18.0. The summed E-state index contributed by atoms with van der Waals surface area (Å²) < 4.78 is 1.82. The van der Waals surface area contributed by atoms with E-state index in [2.05, 4.69) is 10.4 Å². The second kappa shape index (κ2) is 5.39. The minimum Gasteiger partial charge on any atom is -0.378 e. The van der Waals surface area contributed by atoms with Crippen molar-refractivity contribution >= 4 is 40.5 Å². The van der Waals surface area contributed by atoms with Crippen molar-refractivity contribution in [2.24, 2.45) is 7.05 Å². The van der Waals surface area contributed by atoms with Crippen LogP contribution in [-0.2, 0) is 13.6 Å². The van der Waals surface area contributed by atoms with E-state index in [0.717, 1.165) is 11.3 Å². The van der Waals surface area contributed by atoms with Crippen molar-refractivity contribution in [2.75, 3.05) is 5.32 Å². The van der Waals surface area contributed by atoms with Gasteiger partial charge in [0.25, 0.3) is 0 Å². The number of rotatable bonds is 3. The highest BCUT2D eigenvalue weighted by molar-refractivity contribution is 6.41. The van der Waals surface area contributed by atoms with Crippen LogP contribution in [0.25, 0.3) is 0 Å². The molecule has 0 bridgehead atoms. The summed E-state index contributed by atoms with van der Waals surface area (Å²) in [6.45, 7) is 2.62. The van der Waals surface area contributed by atoms with Crippen LogP contribution in [0, 0.1) is 6.92 Å². The quantitative estimate of drug-likeness (QED) is 0.916. The average Bonchev–Trinajstić information content (AvgIpc) is 2.59. The van der Waals surface area contributed by atoms with Crippen LogP contribution in [0.1, 0.15) is 11.3 Å². The van der Waals surface area contributed by atoms with Crippen molar-refractivity contribution in [3.63, 3.8) is 0 Å². The van der Waals surface area contributed by atoms with Crippen molar-refractivity contribution in [3.8, 4) is 0 Å². The highest BCUT2D eigenvalue weighted by Gasteiger charge is 2.09. The fourth-order valence-corrected chi connectivity index (χ4v) is 2.56. The molecule has 2 aromatic rings.